The molecule has 0 saturated heterocycles. The normalized spacial score (nSPS) is 11.3. The molecule has 0 aliphatic heterocycles. The second-order valence-corrected chi connectivity index (χ2v) is 6.69. The molecular weight excluding hydrogens is 407 g/mol. The van der Waals surface area contributed by atoms with Crippen molar-refractivity contribution >= 4 is 17.5 Å². The molecule has 2 aromatic carbocycles. The van der Waals surface area contributed by atoms with Crippen LogP contribution in [0.2, 0.25) is 5.02 Å². The number of aryl methyl sites for hydroxylation is 1. The molecule has 29 heavy (non-hydrogen) atoms. The minimum Gasteiger partial charge on any atom is -0.467 e. The highest BCUT2D eigenvalue weighted by atomic mass is 35.5. The van der Waals surface area contributed by atoms with Crippen molar-refractivity contribution in [1.29, 1.82) is 0 Å². The van der Waals surface area contributed by atoms with Gasteiger partial charge in [0.05, 0.1) is 10.7 Å². The first-order valence-electron chi connectivity index (χ1n) is 8.61. The van der Waals surface area contributed by atoms with Gasteiger partial charge in [0.1, 0.15) is 0 Å². The maximum Gasteiger partial charge on any atom is 0.435 e. The summed E-state index contributed by atoms with van der Waals surface area (Å²) in [6.07, 6.45) is -4.67. The summed E-state index contributed by atoms with van der Waals surface area (Å²) in [4.78, 5) is 12.1. The van der Waals surface area contributed by atoms with Crippen LogP contribution in [0.3, 0.4) is 0 Å². The van der Waals surface area contributed by atoms with Crippen LogP contribution in [0.15, 0.2) is 54.6 Å². The van der Waals surface area contributed by atoms with E-state index in [-0.39, 0.29) is 23.1 Å². The molecule has 1 amide bonds. The summed E-state index contributed by atoms with van der Waals surface area (Å²) < 4.78 is 45.5. The van der Waals surface area contributed by atoms with E-state index in [2.05, 4.69) is 10.4 Å². The Bertz CT molecular complexity index is 1000. The van der Waals surface area contributed by atoms with Gasteiger partial charge in [0.2, 0.25) is 5.88 Å². The van der Waals surface area contributed by atoms with Crippen LogP contribution < -0.4 is 10.1 Å². The predicted molar refractivity (Wildman–Crippen MR) is 102 cm³/mol. The highest BCUT2D eigenvalue weighted by Gasteiger charge is 2.35. The van der Waals surface area contributed by atoms with Crippen LogP contribution in [-0.4, -0.2) is 22.3 Å². The Morgan fingerprint density at radius 2 is 1.86 bits per heavy atom. The highest BCUT2D eigenvalue weighted by Crippen LogP contribution is 2.33. The molecule has 1 aromatic heterocycles. The van der Waals surface area contributed by atoms with Gasteiger partial charge in [-0.05, 0) is 24.6 Å². The zero-order valence-electron chi connectivity index (χ0n) is 15.3. The Hall–Kier alpha value is -3.00. The van der Waals surface area contributed by atoms with E-state index in [0.717, 1.165) is 21.9 Å². The number of nitrogens with zero attached hydrogens (tertiary/aromatic N) is 2. The number of halogens is 4. The third-order valence-corrected chi connectivity index (χ3v) is 4.33. The average molecular weight is 424 g/mol. The fourth-order valence-corrected chi connectivity index (χ4v) is 2.71. The van der Waals surface area contributed by atoms with Crippen molar-refractivity contribution in [3.8, 4) is 11.6 Å². The van der Waals surface area contributed by atoms with Gasteiger partial charge in [-0.15, -0.1) is 0 Å². The molecule has 0 radical (unpaired) electrons. The zero-order chi connectivity index (χ0) is 21.0. The first-order valence-corrected chi connectivity index (χ1v) is 8.99. The molecule has 0 aliphatic carbocycles. The molecule has 1 N–H and O–H groups in total. The summed E-state index contributed by atoms with van der Waals surface area (Å²) in [5.74, 6) is -0.720. The number of hydrogen-bond donors (Lipinski definition) is 1. The Labute approximate surface area is 170 Å². The van der Waals surface area contributed by atoms with E-state index in [4.69, 9.17) is 16.3 Å². The van der Waals surface area contributed by atoms with Crippen LogP contribution >= 0.6 is 11.6 Å². The fourth-order valence-electron chi connectivity index (χ4n) is 2.50. The third kappa shape index (κ3) is 5.29. The number of carbonyl (C=O) groups excluding carboxylic acids is 1. The number of ether oxygens (including phenoxy) is 1. The molecule has 3 rings (SSSR count). The number of rotatable bonds is 6. The Kier molecular flexibility index (Phi) is 6.12. The van der Waals surface area contributed by atoms with Crippen molar-refractivity contribution < 1.29 is 22.7 Å². The summed E-state index contributed by atoms with van der Waals surface area (Å²) in [5, 5.41) is 6.39. The SMILES string of the molecule is Cc1ccc(CNC(=O)COc2cc(C(F)(F)F)nn2-c2ccccc2Cl)cc1. The average Bonchev–Trinajstić information content (AvgIpc) is 3.11. The minimum atomic E-state index is -4.67. The molecule has 1 heterocycles. The van der Waals surface area contributed by atoms with Crippen molar-refractivity contribution in [2.24, 2.45) is 0 Å². The quantitative estimate of drug-likeness (QED) is 0.633. The van der Waals surface area contributed by atoms with E-state index in [1.165, 1.54) is 12.1 Å². The van der Waals surface area contributed by atoms with Gasteiger partial charge < -0.3 is 10.1 Å². The van der Waals surface area contributed by atoms with E-state index in [1.54, 1.807) is 12.1 Å². The van der Waals surface area contributed by atoms with Gasteiger partial charge in [-0.25, -0.2) is 0 Å². The number of para-hydroxylation sites is 1. The summed E-state index contributed by atoms with van der Waals surface area (Å²) in [6, 6.07) is 14.6. The van der Waals surface area contributed by atoms with Crippen molar-refractivity contribution in [3.05, 3.63) is 76.4 Å². The van der Waals surface area contributed by atoms with E-state index in [9.17, 15) is 18.0 Å². The highest BCUT2D eigenvalue weighted by molar-refractivity contribution is 6.32. The van der Waals surface area contributed by atoms with E-state index in [0.29, 0.717) is 0 Å². The van der Waals surface area contributed by atoms with E-state index < -0.39 is 24.4 Å². The van der Waals surface area contributed by atoms with E-state index >= 15 is 0 Å². The monoisotopic (exact) mass is 423 g/mol. The summed E-state index contributed by atoms with van der Waals surface area (Å²) in [7, 11) is 0. The van der Waals surface area contributed by atoms with Crippen LogP contribution in [0.4, 0.5) is 13.2 Å². The summed E-state index contributed by atoms with van der Waals surface area (Å²) >= 11 is 6.07. The first-order chi connectivity index (χ1) is 13.7. The van der Waals surface area contributed by atoms with Gasteiger partial charge >= 0.3 is 6.18 Å². The molecule has 152 valence electrons. The number of carbonyl (C=O) groups is 1. The molecule has 0 saturated carbocycles. The second kappa shape index (κ2) is 8.57. The number of amides is 1. The number of benzene rings is 2. The van der Waals surface area contributed by atoms with Crippen LogP contribution in [0.1, 0.15) is 16.8 Å². The molecule has 0 atom stereocenters. The zero-order valence-corrected chi connectivity index (χ0v) is 16.1. The predicted octanol–water partition coefficient (Wildman–Crippen LogP) is 4.55. The van der Waals surface area contributed by atoms with E-state index in [1.807, 2.05) is 31.2 Å². The summed E-state index contributed by atoms with van der Waals surface area (Å²) in [5.41, 5.74) is 1.05. The van der Waals surface area contributed by atoms with Crippen LogP contribution in [0, 0.1) is 6.92 Å². The number of alkyl halides is 3. The first kappa shape index (κ1) is 20.7. The molecule has 0 unspecified atom stereocenters. The lowest BCUT2D eigenvalue weighted by atomic mass is 10.1. The number of hydrogen-bond acceptors (Lipinski definition) is 3. The van der Waals surface area contributed by atoms with Gasteiger partial charge in [-0.2, -0.15) is 23.0 Å². The van der Waals surface area contributed by atoms with Crippen LogP contribution in [-0.2, 0) is 17.5 Å². The van der Waals surface area contributed by atoms with Crippen molar-refractivity contribution in [1.82, 2.24) is 15.1 Å². The lowest BCUT2D eigenvalue weighted by Crippen LogP contribution is -2.28. The topological polar surface area (TPSA) is 56.1 Å². The van der Waals surface area contributed by atoms with Gasteiger partial charge in [-0.3, -0.25) is 4.79 Å². The van der Waals surface area contributed by atoms with Gasteiger partial charge in [0, 0.05) is 12.6 Å². The van der Waals surface area contributed by atoms with Gasteiger partial charge in [-0.1, -0.05) is 53.6 Å². The lowest BCUT2D eigenvalue weighted by molar-refractivity contribution is -0.141. The maximum absolute atomic E-state index is 13.1. The largest absolute Gasteiger partial charge is 0.467 e. The number of aromatic nitrogens is 2. The van der Waals surface area contributed by atoms with Crippen LogP contribution in [0.25, 0.3) is 5.69 Å². The van der Waals surface area contributed by atoms with Gasteiger partial charge in [0.25, 0.3) is 5.91 Å². The molecule has 9 heteroatoms. The Morgan fingerprint density at radius 1 is 1.17 bits per heavy atom. The molecule has 0 spiro atoms. The molecule has 0 bridgehead atoms. The second-order valence-electron chi connectivity index (χ2n) is 6.28. The van der Waals surface area contributed by atoms with Crippen LogP contribution in [0.5, 0.6) is 5.88 Å². The van der Waals surface area contributed by atoms with Gasteiger partial charge in [0.15, 0.2) is 12.3 Å². The Morgan fingerprint density at radius 3 is 2.52 bits per heavy atom. The molecule has 3 aromatic rings. The minimum absolute atomic E-state index is 0.193. The van der Waals surface area contributed by atoms with Crippen molar-refractivity contribution in [2.45, 2.75) is 19.6 Å². The Balaban J connectivity index is 1.72. The van der Waals surface area contributed by atoms with Crippen molar-refractivity contribution in [2.75, 3.05) is 6.61 Å². The molecule has 5 nitrogen and oxygen atoms in total. The standard InChI is InChI=1S/C20H17ClF3N3O2/c1-13-6-8-14(9-7-13)11-25-18(28)12-29-19-10-17(20(22,23)24)26-27(19)16-5-3-2-4-15(16)21/h2-10H,11-12H2,1H3,(H,25,28). The molecular formula is C20H17ClF3N3O2. The molecule has 0 aliphatic rings. The number of nitrogens with one attached hydrogen (secondary N) is 1. The fraction of sp³-hybridized carbons (Fsp3) is 0.200. The van der Waals surface area contributed by atoms with Crippen molar-refractivity contribution in [3.63, 3.8) is 0 Å². The summed E-state index contributed by atoms with van der Waals surface area (Å²) in [6.45, 7) is 1.76. The molecule has 0 fully saturated rings. The smallest absolute Gasteiger partial charge is 0.435 e. The lowest BCUT2D eigenvalue weighted by Gasteiger charge is -2.11. The third-order valence-electron chi connectivity index (χ3n) is 4.01. The maximum atomic E-state index is 13.1.